The van der Waals surface area contributed by atoms with Crippen LogP contribution < -0.4 is 0 Å². The summed E-state index contributed by atoms with van der Waals surface area (Å²) in [6.07, 6.45) is 8.17. The van der Waals surface area contributed by atoms with Gasteiger partial charge in [0.15, 0.2) is 0 Å². The third-order valence-corrected chi connectivity index (χ3v) is 8.96. The van der Waals surface area contributed by atoms with Crippen LogP contribution in [0.5, 0.6) is 0 Å². The lowest BCUT2D eigenvalue weighted by Crippen LogP contribution is -2.22. The fraction of sp³-hybridized carbons (Fsp3) is 0.448. The number of aromatic nitrogens is 1. The smallest absolute Gasteiger partial charge is 0.0352 e. The van der Waals surface area contributed by atoms with Crippen LogP contribution >= 0.6 is 22.7 Å². The maximum absolute atomic E-state index is 2.53. The minimum absolute atomic E-state index is 1.05. The molecular formula is C29H39N3S2. The molecule has 1 aromatic carbocycles. The molecular weight excluding hydrogens is 454 g/mol. The summed E-state index contributed by atoms with van der Waals surface area (Å²) in [6.45, 7) is 12.4. The molecule has 0 saturated carbocycles. The van der Waals surface area contributed by atoms with E-state index in [1.165, 1.54) is 67.3 Å². The first-order chi connectivity index (χ1) is 16.5. The van der Waals surface area contributed by atoms with E-state index in [1.54, 1.807) is 0 Å². The van der Waals surface area contributed by atoms with Crippen molar-refractivity contribution < 1.29 is 0 Å². The van der Waals surface area contributed by atoms with Crippen LogP contribution in [0, 0.1) is 0 Å². The van der Waals surface area contributed by atoms with Crippen molar-refractivity contribution in [2.45, 2.75) is 46.6 Å². The molecule has 34 heavy (non-hydrogen) atoms. The van der Waals surface area contributed by atoms with Crippen molar-refractivity contribution in [3.8, 4) is 20.9 Å². The van der Waals surface area contributed by atoms with E-state index < -0.39 is 0 Å². The van der Waals surface area contributed by atoms with Crippen molar-refractivity contribution in [1.82, 2.24) is 14.4 Å². The molecule has 0 N–H and O–H groups in total. The van der Waals surface area contributed by atoms with E-state index in [4.69, 9.17) is 0 Å². The second kappa shape index (κ2) is 11.7. The van der Waals surface area contributed by atoms with Crippen molar-refractivity contribution in [3.05, 3.63) is 58.5 Å². The second-order valence-electron chi connectivity index (χ2n) is 9.31. The Morgan fingerprint density at radius 1 is 0.765 bits per heavy atom. The van der Waals surface area contributed by atoms with E-state index in [-0.39, 0.29) is 0 Å². The monoisotopic (exact) mass is 493 g/mol. The molecule has 3 nitrogen and oxygen atoms in total. The van der Waals surface area contributed by atoms with Gasteiger partial charge in [-0.25, -0.2) is 0 Å². The fourth-order valence-electron chi connectivity index (χ4n) is 4.62. The van der Waals surface area contributed by atoms with Crippen molar-refractivity contribution >= 4 is 33.4 Å². The van der Waals surface area contributed by atoms with Crippen LogP contribution in [0.4, 0.5) is 0 Å². The molecule has 3 heterocycles. The maximum atomic E-state index is 2.53. The lowest BCUT2D eigenvalue weighted by Gasteiger charge is -2.18. The van der Waals surface area contributed by atoms with Gasteiger partial charge in [0.05, 0.1) is 0 Å². The molecule has 0 spiro atoms. The normalized spacial score (nSPS) is 12.0. The third kappa shape index (κ3) is 5.83. The minimum Gasteiger partial charge on any atom is -0.356 e. The van der Waals surface area contributed by atoms with E-state index in [9.17, 15) is 0 Å². The number of nitrogens with zero attached hydrogens (tertiary/aromatic N) is 3. The lowest BCUT2D eigenvalue weighted by atomic mass is 10.0. The second-order valence-corrected chi connectivity index (χ2v) is 11.6. The molecule has 5 heteroatoms. The summed E-state index contributed by atoms with van der Waals surface area (Å²) in [7, 11) is 4.34. The van der Waals surface area contributed by atoms with Gasteiger partial charge in [-0.2, -0.15) is 0 Å². The van der Waals surface area contributed by atoms with Crippen LogP contribution in [0.2, 0.25) is 0 Å². The largest absolute Gasteiger partial charge is 0.356 e. The molecule has 0 radical (unpaired) electrons. The van der Waals surface area contributed by atoms with Crippen LogP contribution in [-0.4, -0.2) is 47.6 Å². The average molecular weight is 494 g/mol. The molecule has 0 aliphatic carbocycles. The quantitative estimate of drug-likeness (QED) is 0.200. The van der Waals surface area contributed by atoms with E-state index in [1.807, 2.05) is 22.7 Å². The van der Waals surface area contributed by atoms with Gasteiger partial charge in [0.1, 0.15) is 0 Å². The van der Waals surface area contributed by atoms with Crippen LogP contribution in [0.15, 0.2) is 48.8 Å². The predicted octanol–water partition coefficient (Wildman–Crippen LogP) is 7.75. The molecule has 0 fully saturated rings. The van der Waals surface area contributed by atoms with Gasteiger partial charge in [0.25, 0.3) is 0 Å². The Morgan fingerprint density at radius 2 is 1.38 bits per heavy atom. The summed E-state index contributed by atoms with van der Waals surface area (Å²) in [6, 6.07) is 14.0. The Bertz CT molecular complexity index is 1200. The minimum atomic E-state index is 1.05. The van der Waals surface area contributed by atoms with Gasteiger partial charge in [-0.1, -0.05) is 32.9 Å². The van der Waals surface area contributed by atoms with Gasteiger partial charge < -0.3 is 9.47 Å². The van der Waals surface area contributed by atoms with Gasteiger partial charge in [0.2, 0.25) is 0 Å². The van der Waals surface area contributed by atoms with Gasteiger partial charge in [-0.05, 0) is 76.8 Å². The summed E-state index contributed by atoms with van der Waals surface area (Å²) in [5.74, 6) is 0. The maximum Gasteiger partial charge on any atom is 0.0352 e. The van der Waals surface area contributed by atoms with Crippen LogP contribution in [0.3, 0.4) is 0 Å². The molecule has 0 bridgehead atoms. The van der Waals surface area contributed by atoms with Crippen molar-refractivity contribution in [2.75, 3.05) is 33.2 Å². The zero-order valence-corrected chi connectivity index (χ0v) is 23.1. The predicted molar refractivity (Wildman–Crippen MR) is 152 cm³/mol. The Kier molecular flexibility index (Phi) is 8.65. The first-order valence-corrected chi connectivity index (χ1v) is 14.3. The highest BCUT2D eigenvalue weighted by Crippen LogP contribution is 2.40. The summed E-state index contributed by atoms with van der Waals surface area (Å²) in [5, 5.41) is 2.71. The number of aryl methyl sites for hydroxylation is 2. The summed E-state index contributed by atoms with van der Waals surface area (Å²) in [5.41, 5.74) is 2.71. The molecule has 0 amide bonds. The molecule has 4 aromatic rings. The van der Waals surface area contributed by atoms with Crippen molar-refractivity contribution in [3.63, 3.8) is 0 Å². The molecule has 0 atom stereocenters. The highest BCUT2D eigenvalue weighted by atomic mass is 32.1. The highest BCUT2D eigenvalue weighted by molar-refractivity contribution is 7.16. The van der Waals surface area contributed by atoms with Crippen LogP contribution in [0.1, 0.15) is 43.4 Å². The zero-order valence-electron chi connectivity index (χ0n) is 21.4. The molecule has 4 rings (SSSR count). The Labute approximate surface area is 213 Å². The van der Waals surface area contributed by atoms with Crippen molar-refractivity contribution in [1.29, 1.82) is 0 Å². The number of rotatable bonds is 12. The van der Waals surface area contributed by atoms with Gasteiger partial charge in [-0.3, -0.25) is 4.90 Å². The Hall–Kier alpha value is -1.92. The summed E-state index contributed by atoms with van der Waals surface area (Å²) >= 11 is 3.90. The SMILES string of the molecule is CCCN(CC)Cc1ccc(-c2ccc(-c3ccc(CCCN(C)CC)s3)c3cn(C)cc23)s1. The molecule has 182 valence electrons. The first kappa shape index (κ1) is 25.2. The number of hydrogen-bond acceptors (Lipinski definition) is 4. The average Bonchev–Trinajstić information content (AvgIpc) is 3.57. The van der Waals surface area contributed by atoms with E-state index >= 15 is 0 Å². The van der Waals surface area contributed by atoms with E-state index in [0.29, 0.717) is 0 Å². The molecule has 0 unspecified atom stereocenters. The molecule has 0 aliphatic rings. The topological polar surface area (TPSA) is 11.4 Å². The Balaban J connectivity index is 1.58. The van der Waals surface area contributed by atoms with E-state index in [2.05, 4.69) is 98.0 Å². The fourth-order valence-corrected chi connectivity index (χ4v) is 6.80. The standard InChI is InChI=1S/C29H39N3S2/c1-6-17-32(8-3)19-23-12-16-29(34-23)25-14-13-24(26-20-31(5)21-27(25)26)28-15-11-22(33-28)10-9-18-30(4)7-2/h11-16,20-21H,6-10,17-19H2,1-5H3. The lowest BCUT2D eigenvalue weighted by molar-refractivity contribution is 0.283. The molecule has 0 aliphatic heterocycles. The van der Waals surface area contributed by atoms with Gasteiger partial charge in [0, 0.05) is 67.4 Å². The first-order valence-electron chi connectivity index (χ1n) is 12.7. The number of benzene rings is 1. The molecule has 3 aromatic heterocycles. The number of fused-ring (bicyclic) bond motifs is 1. The van der Waals surface area contributed by atoms with Gasteiger partial charge in [-0.15, -0.1) is 22.7 Å². The highest BCUT2D eigenvalue weighted by Gasteiger charge is 2.15. The third-order valence-electron chi connectivity index (χ3n) is 6.68. The summed E-state index contributed by atoms with van der Waals surface area (Å²) in [4.78, 5) is 10.6. The van der Waals surface area contributed by atoms with Crippen LogP contribution in [-0.2, 0) is 20.0 Å². The van der Waals surface area contributed by atoms with Gasteiger partial charge >= 0.3 is 0 Å². The zero-order chi connectivity index (χ0) is 24.1. The van der Waals surface area contributed by atoms with Crippen LogP contribution in [0.25, 0.3) is 31.7 Å². The van der Waals surface area contributed by atoms with E-state index in [0.717, 1.165) is 26.1 Å². The Morgan fingerprint density at radius 3 is 1.97 bits per heavy atom. The van der Waals surface area contributed by atoms with Crippen molar-refractivity contribution in [2.24, 2.45) is 7.05 Å². The number of thiophene rings is 2. The number of hydrogen-bond donors (Lipinski definition) is 0. The summed E-state index contributed by atoms with van der Waals surface area (Å²) < 4.78 is 2.21. The molecule has 0 saturated heterocycles.